The van der Waals surface area contributed by atoms with E-state index in [1.807, 2.05) is 6.92 Å². The molecule has 2 bridgehead atoms. The maximum atomic E-state index is 11.0. The fourth-order valence-corrected chi connectivity index (χ4v) is 2.33. The molecule has 3 atom stereocenters. The van der Waals surface area contributed by atoms with Gasteiger partial charge in [-0.1, -0.05) is 6.92 Å². The number of amides is 1. The Bertz CT molecular complexity index is 205. The van der Waals surface area contributed by atoms with Crippen LogP contribution in [-0.2, 0) is 9.53 Å². The van der Waals surface area contributed by atoms with Crippen molar-refractivity contribution < 1.29 is 9.53 Å². The molecule has 2 fully saturated rings. The lowest BCUT2D eigenvalue weighted by atomic mass is 9.89. The average Bonchev–Trinajstić information content (AvgIpc) is 2.74. The molecule has 0 aliphatic carbocycles. The molecule has 74 valence electrons. The summed E-state index contributed by atoms with van der Waals surface area (Å²) in [6, 6.07) is 0. The highest BCUT2D eigenvalue weighted by atomic mass is 16.5. The van der Waals surface area contributed by atoms with E-state index in [4.69, 9.17) is 4.74 Å². The quantitative estimate of drug-likeness (QED) is 0.711. The van der Waals surface area contributed by atoms with E-state index in [2.05, 4.69) is 5.32 Å². The van der Waals surface area contributed by atoms with Crippen LogP contribution in [-0.4, -0.2) is 24.7 Å². The smallest absolute Gasteiger partial charge is 0.219 e. The first-order valence-corrected chi connectivity index (χ1v) is 5.21. The minimum Gasteiger partial charge on any atom is -0.375 e. The molecule has 0 spiro atoms. The van der Waals surface area contributed by atoms with Crippen molar-refractivity contribution in [1.82, 2.24) is 5.32 Å². The van der Waals surface area contributed by atoms with E-state index in [1.54, 1.807) is 0 Å². The zero-order valence-electron chi connectivity index (χ0n) is 8.08. The Hall–Kier alpha value is -0.570. The second kappa shape index (κ2) is 3.66. The number of carbonyl (C=O) groups is 1. The van der Waals surface area contributed by atoms with Gasteiger partial charge in [0.15, 0.2) is 0 Å². The van der Waals surface area contributed by atoms with Gasteiger partial charge in [0.05, 0.1) is 12.2 Å². The minimum absolute atomic E-state index is 0.155. The van der Waals surface area contributed by atoms with Gasteiger partial charge < -0.3 is 10.1 Å². The molecule has 1 N–H and O–H groups in total. The van der Waals surface area contributed by atoms with E-state index in [0.29, 0.717) is 24.5 Å². The second-order valence-electron chi connectivity index (χ2n) is 4.03. The maximum absolute atomic E-state index is 11.0. The molecule has 0 unspecified atom stereocenters. The third-order valence-electron chi connectivity index (χ3n) is 3.11. The third kappa shape index (κ3) is 1.85. The molecular weight excluding hydrogens is 166 g/mol. The van der Waals surface area contributed by atoms with Crippen LogP contribution in [0.2, 0.25) is 0 Å². The fraction of sp³-hybridized carbons (Fsp3) is 0.900. The highest BCUT2D eigenvalue weighted by Gasteiger charge is 2.40. The lowest BCUT2D eigenvalue weighted by molar-refractivity contribution is -0.121. The minimum atomic E-state index is 0.155. The van der Waals surface area contributed by atoms with Gasteiger partial charge in [0.25, 0.3) is 0 Å². The van der Waals surface area contributed by atoms with Crippen LogP contribution >= 0.6 is 0 Å². The van der Waals surface area contributed by atoms with Crippen LogP contribution in [0.1, 0.15) is 32.6 Å². The van der Waals surface area contributed by atoms with Crippen molar-refractivity contribution in [2.75, 3.05) is 6.54 Å². The number of hydrogen-bond acceptors (Lipinski definition) is 2. The summed E-state index contributed by atoms with van der Waals surface area (Å²) in [5.41, 5.74) is 0. The highest BCUT2D eigenvalue weighted by Crippen LogP contribution is 2.38. The first kappa shape index (κ1) is 9.00. The molecule has 3 nitrogen and oxygen atoms in total. The molecule has 2 saturated heterocycles. The van der Waals surface area contributed by atoms with Crippen LogP contribution in [0.25, 0.3) is 0 Å². The molecule has 0 saturated carbocycles. The normalized spacial score (nSPS) is 36.5. The zero-order valence-corrected chi connectivity index (χ0v) is 8.08. The van der Waals surface area contributed by atoms with Crippen molar-refractivity contribution in [3.63, 3.8) is 0 Å². The van der Waals surface area contributed by atoms with Gasteiger partial charge >= 0.3 is 0 Å². The van der Waals surface area contributed by atoms with Crippen molar-refractivity contribution in [3.8, 4) is 0 Å². The molecule has 2 rings (SSSR count). The number of hydrogen-bond donors (Lipinski definition) is 1. The molecule has 0 aromatic carbocycles. The molecule has 0 radical (unpaired) electrons. The van der Waals surface area contributed by atoms with E-state index in [9.17, 15) is 4.79 Å². The first-order chi connectivity index (χ1) is 6.29. The summed E-state index contributed by atoms with van der Waals surface area (Å²) in [5.74, 6) is 0.733. The Morgan fingerprint density at radius 3 is 2.92 bits per heavy atom. The van der Waals surface area contributed by atoms with Gasteiger partial charge in [0.1, 0.15) is 0 Å². The molecule has 2 aliphatic rings. The summed E-state index contributed by atoms with van der Waals surface area (Å²) < 4.78 is 5.70. The van der Waals surface area contributed by atoms with Crippen molar-refractivity contribution in [2.24, 2.45) is 5.92 Å². The van der Waals surface area contributed by atoms with Crippen molar-refractivity contribution in [3.05, 3.63) is 0 Å². The summed E-state index contributed by atoms with van der Waals surface area (Å²) in [4.78, 5) is 11.0. The molecule has 13 heavy (non-hydrogen) atoms. The summed E-state index contributed by atoms with van der Waals surface area (Å²) in [6.45, 7) is 2.69. The van der Waals surface area contributed by atoms with Crippen molar-refractivity contribution in [2.45, 2.75) is 44.8 Å². The fourth-order valence-electron chi connectivity index (χ4n) is 2.33. The van der Waals surface area contributed by atoms with Gasteiger partial charge in [-0.05, 0) is 19.3 Å². The first-order valence-electron chi connectivity index (χ1n) is 5.21. The van der Waals surface area contributed by atoms with Crippen LogP contribution in [0.15, 0.2) is 0 Å². The van der Waals surface area contributed by atoms with E-state index in [1.165, 1.54) is 12.8 Å². The Morgan fingerprint density at radius 1 is 1.54 bits per heavy atom. The Labute approximate surface area is 78.8 Å². The second-order valence-corrected chi connectivity index (χ2v) is 4.03. The Morgan fingerprint density at radius 2 is 2.38 bits per heavy atom. The lowest BCUT2D eigenvalue weighted by Crippen LogP contribution is -2.33. The van der Waals surface area contributed by atoms with E-state index in [0.717, 1.165) is 13.0 Å². The number of nitrogens with one attached hydrogen (secondary N) is 1. The largest absolute Gasteiger partial charge is 0.375 e. The molecule has 2 aliphatic heterocycles. The average molecular weight is 183 g/mol. The molecular formula is C10H17NO2. The number of carbonyl (C=O) groups excluding carboxylic acids is 1. The van der Waals surface area contributed by atoms with Gasteiger partial charge in [0, 0.05) is 18.9 Å². The topological polar surface area (TPSA) is 38.3 Å². The summed E-state index contributed by atoms with van der Waals surface area (Å²) in [5, 5.41) is 2.94. The predicted molar refractivity (Wildman–Crippen MR) is 49.3 cm³/mol. The summed E-state index contributed by atoms with van der Waals surface area (Å²) in [7, 11) is 0. The molecule has 1 amide bonds. The molecule has 3 heteroatoms. The molecule has 0 aromatic rings. The van der Waals surface area contributed by atoms with Gasteiger partial charge in [-0.3, -0.25) is 4.79 Å². The number of ether oxygens (including phenoxy) is 1. The molecule has 2 heterocycles. The summed E-state index contributed by atoms with van der Waals surface area (Å²) in [6.07, 6.45) is 5.08. The summed E-state index contributed by atoms with van der Waals surface area (Å²) >= 11 is 0. The van der Waals surface area contributed by atoms with Crippen LogP contribution in [0.4, 0.5) is 0 Å². The SMILES string of the molecule is CCC(=O)NC[C@@H]1C[C@@H]2CC[C@H]1O2. The predicted octanol–water partition coefficient (Wildman–Crippen LogP) is 1.08. The van der Waals surface area contributed by atoms with Gasteiger partial charge in [-0.2, -0.15) is 0 Å². The van der Waals surface area contributed by atoms with Crippen LogP contribution in [0.5, 0.6) is 0 Å². The van der Waals surface area contributed by atoms with Gasteiger partial charge in [0.2, 0.25) is 5.91 Å². The highest BCUT2D eigenvalue weighted by molar-refractivity contribution is 5.75. The van der Waals surface area contributed by atoms with Crippen molar-refractivity contribution in [1.29, 1.82) is 0 Å². The van der Waals surface area contributed by atoms with E-state index >= 15 is 0 Å². The Kier molecular flexibility index (Phi) is 2.54. The Balaban J connectivity index is 1.74. The van der Waals surface area contributed by atoms with Gasteiger partial charge in [-0.25, -0.2) is 0 Å². The zero-order chi connectivity index (χ0) is 9.26. The monoisotopic (exact) mass is 183 g/mol. The third-order valence-corrected chi connectivity index (χ3v) is 3.11. The van der Waals surface area contributed by atoms with E-state index < -0.39 is 0 Å². The number of rotatable bonds is 3. The standard InChI is InChI=1S/C10H17NO2/c1-2-10(12)11-6-7-5-8-3-4-9(7)13-8/h7-9H,2-6H2,1H3,(H,11,12)/t7-,8-,9+/m0/s1. The number of fused-ring (bicyclic) bond motifs is 2. The molecule has 0 aromatic heterocycles. The lowest BCUT2D eigenvalue weighted by Gasteiger charge is -2.18. The van der Waals surface area contributed by atoms with Crippen LogP contribution in [0.3, 0.4) is 0 Å². The maximum Gasteiger partial charge on any atom is 0.219 e. The van der Waals surface area contributed by atoms with Crippen molar-refractivity contribution >= 4 is 5.91 Å². The van der Waals surface area contributed by atoms with Crippen LogP contribution in [0, 0.1) is 5.92 Å². The van der Waals surface area contributed by atoms with Gasteiger partial charge in [-0.15, -0.1) is 0 Å². The van der Waals surface area contributed by atoms with E-state index in [-0.39, 0.29) is 5.91 Å². The van der Waals surface area contributed by atoms with Crippen LogP contribution < -0.4 is 5.32 Å².